The first-order valence-electron chi connectivity index (χ1n) is 13.5. The molecule has 39 heavy (non-hydrogen) atoms. The van der Waals surface area contributed by atoms with Gasteiger partial charge in [0.15, 0.2) is 6.10 Å². The van der Waals surface area contributed by atoms with E-state index in [1.54, 1.807) is 18.4 Å². The van der Waals surface area contributed by atoms with Gasteiger partial charge in [-0.25, -0.2) is 9.59 Å². The maximum atomic E-state index is 13.4. The van der Waals surface area contributed by atoms with Crippen LogP contribution in [-0.2, 0) is 38.1 Å². The Morgan fingerprint density at radius 2 is 1.92 bits per heavy atom. The fourth-order valence-electron chi connectivity index (χ4n) is 9.39. The van der Waals surface area contributed by atoms with Gasteiger partial charge in [-0.1, -0.05) is 19.9 Å². The summed E-state index contributed by atoms with van der Waals surface area (Å²) in [5, 5.41) is 12.1. The summed E-state index contributed by atoms with van der Waals surface area (Å²) in [6.07, 6.45) is 3.78. The summed E-state index contributed by atoms with van der Waals surface area (Å²) in [5.74, 6) is -2.38. The van der Waals surface area contributed by atoms with Crippen molar-refractivity contribution in [3.63, 3.8) is 0 Å². The van der Waals surface area contributed by atoms with E-state index in [1.165, 1.54) is 26.4 Å². The van der Waals surface area contributed by atoms with Gasteiger partial charge >= 0.3 is 17.9 Å². The second kappa shape index (κ2) is 8.17. The molecule has 1 aromatic rings. The number of methoxy groups -OCH3 is 1. The first kappa shape index (κ1) is 26.5. The molecular weight excluding hydrogens is 508 g/mol. The van der Waals surface area contributed by atoms with Gasteiger partial charge < -0.3 is 33.2 Å². The van der Waals surface area contributed by atoms with Crippen LogP contribution in [0, 0.1) is 28.1 Å². The fraction of sp³-hybridized carbons (Fsp3) is 0.690. The number of esters is 3. The van der Waals surface area contributed by atoms with E-state index in [1.807, 2.05) is 27.7 Å². The average Bonchev–Trinajstić information content (AvgIpc) is 3.33. The number of rotatable bonds is 4. The topological polar surface area (TPSA) is 134 Å². The summed E-state index contributed by atoms with van der Waals surface area (Å²) < 4.78 is 35.0. The molecule has 10 heteroatoms. The molecule has 10 nitrogen and oxygen atoms in total. The largest absolute Gasteiger partial charge is 0.472 e. The normalized spacial score (nSPS) is 47.3. The molecule has 10 atom stereocenters. The Morgan fingerprint density at radius 1 is 1.18 bits per heavy atom. The third kappa shape index (κ3) is 3.11. The molecular formula is C29H36O10. The zero-order valence-corrected chi connectivity index (χ0v) is 23.1. The van der Waals surface area contributed by atoms with Crippen molar-refractivity contribution >= 4 is 17.9 Å². The fourth-order valence-corrected chi connectivity index (χ4v) is 9.39. The van der Waals surface area contributed by atoms with E-state index in [0.717, 1.165) is 0 Å². The second-order valence-electron chi connectivity index (χ2n) is 12.8. The van der Waals surface area contributed by atoms with Gasteiger partial charge in [-0.05, 0) is 38.7 Å². The average molecular weight is 545 g/mol. The molecule has 0 amide bonds. The van der Waals surface area contributed by atoms with Crippen molar-refractivity contribution in [2.24, 2.45) is 28.1 Å². The van der Waals surface area contributed by atoms with E-state index in [4.69, 9.17) is 28.1 Å². The van der Waals surface area contributed by atoms with Gasteiger partial charge in [-0.2, -0.15) is 0 Å². The molecule has 1 spiro atoms. The van der Waals surface area contributed by atoms with Crippen molar-refractivity contribution < 1.29 is 47.6 Å². The van der Waals surface area contributed by atoms with Crippen molar-refractivity contribution in [2.45, 2.75) is 83.1 Å². The summed E-state index contributed by atoms with van der Waals surface area (Å²) in [7, 11) is 1.31. The van der Waals surface area contributed by atoms with Gasteiger partial charge in [0.1, 0.15) is 17.8 Å². The molecule has 2 aliphatic carbocycles. The molecule has 0 radical (unpaired) electrons. The van der Waals surface area contributed by atoms with Crippen LogP contribution in [0.15, 0.2) is 35.2 Å². The Hall–Kier alpha value is -2.69. The lowest BCUT2D eigenvalue weighted by Gasteiger charge is -2.67. The summed E-state index contributed by atoms with van der Waals surface area (Å²) in [6, 6.07) is 1.78. The Labute approximate surface area is 226 Å². The first-order chi connectivity index (χ1) is 18.3. The lowest BCUT2D eigenvalue weighted by atomic mass is 9.37. The number of aliphatic hydroxyl groups excluding tert-OH is 1. The minimum atomic E-state index is -1.18. The highest BCUT2D eigenvalue weighted by Gasteiger charge is 2.90. The van der Waals surface area contributed by atoms with Crippen molar-refractivity contribution in [1.29, 1.82) is 0 Å². The van der Waals surface area contributed by atoms with Crippen LogP contribution in [0.25, 0.3) is 0 Å². The van der Waals surface area contributed by atoms with Gasteiger partial charge in [-0.15, -0.1) is 0 Å². The number of aliphatic hydroxyl groups is 1. The van der Waals surface area contributed by atoms with Crippen molar-refractivity contribution in [2.75, 3.05) is 13.7 Å². The third-order valence-electron chi connectivity index (χ3n) is 10.8. The first-order valence-corrected chi connectivity index (χ1v) is 13.5. The van der Waals surface area contributed by atoms with Crippen LogP contribution in [0.3, 0.4) is 0 Å². The smallest absolute Gasteiger partial charge is 0.339 e. The maximum Gasteiger partial charge on any atom is 0.339 e. The zero-order valence-electron chi connectivity index (χ0n) is 23.1. The molecule has 3 aliphatic heterocycles. The third-order valence-corrected chi connectivity index (χ3v) is 10.8. The standard InChI is InChI=1S/C29H36O10/c1-15(30)37-22-19(32)20-25(2,3)36-14-28(20,11-8-18(31)34-6)17-7-10-26(4)21(16-9-12-35-13-16)38-24(33)23-29(26,39-23)27(17,22)5/h8-9,11-13,17,19-23,32H,7,10,14H2,1-6H3/b11-8+/t17-,19-,20+,21+,22-,23-,26-,27-,28+,29-/m0/s1. The van der Waals surface area contributed by atoms with Gasteiger partial charge in [0.05, 0.1) is 37.9 Å². The number of epoxide rings is 1. The van der Waals surface area contributed by atoms with E-state index in [-0.39, 0.29) is 12.5 Å². The van der Waals surface area contributed by atoms with Gasteiger partial charge in [-0.3, -0.25) is 4.79 Å². The zero-order chi connectivity index (χ0) is 28.2. The van der Waals surface area contributed by atoms with Crippen molar-refractivity contribution in [1.82, 2.24) is 0 Å². The second-order valence-corrected chi connectivity index (χ2v) is 12.8. The van der Waals surface area contributed by atoms with Gasteiger partial charge in [0.25, 0.3) is 0 Å². The van der Waals surface area contributed by atoms with Crippen LogP contribution in [0.1, 0.15) is 59.1 Å². The van der Waals surface area contributed by atoms with Crippen LogP contribution >= 0.6 is 0 Å². The lowest BCUT2D eigenvalue weighted by molar-refractivity contribution is -0.271. The number of furan rings is 1. The quantitative estimate of drug-likeness (QED) is 0.261. The molecule has 2 saturated carbocycles. The van der Waals surface area contributed by atoms with Crippen LogP contribution in [0.4, 0.5) is 0 Å². The highest BCUT2D eigenvalue weighted by molar-refractivity contribution is 5.83. The van der Waals surface area contributed by atoms with E-state index < -0.39 is 75.7 Å². The van der Waals surface area contributed by atoms with Crippen molar-refractivity contribution in [3.05, 3.63) is 36.3 Å². The Bertz CT molecular complexity index is 1240. The Morgan fingerprint density at radius 3 is 2.56 bits per heavy atom. The minimum Gasteiger partial charge on any atom is -0.472 e. The summed E-state index contributed by atoms with van der Waals surface area (Å²) in [4.78, 5) is 38.3. The number of ether oxygens (including phenoxy) is 5. The molecule has 0 bridgehead atoms. The van der Waals surface area contributed by atoms with Crippen LogP contribution in [0.5, 0.6) is 0 Å². The van der Waals surface area contributed by atoms with Gasteiger partial charge in [0.2, 0.25) is 0 Å². The number of carbonyl (C=O) groups excluding carboxylic acids is 3. The van der Waals surface area contributed by atoms with E-state index >= 15 is 0 Å². The molecule has 3 saturated heterocycles. The predicted octanol–water partition coefficient (Wildman–Crippen LogP) is 2.88. The molecule has 4 heterocycles. The van der Waals surface area contributed by atoms with Crippen LogP contribution in [0.2, 0.25) is 0 Å². The number of hydrogen-bond donors (Lipinski definition) is 1. The Kier molecular flexibility index (Phi) is 5.56. The van der Waals surface area contributed by atoms with Crippen molar-refractivity contribution in [3.8, 4) is 0 Å². The van der Waals surface area contributed by atoms with Crippen LogP contribution < -0.4 is 0 Å². The molecule has 5 aliphatic rings. The Balaban J connectivity index is 1.58. The summed E-state index contributed by atoms with van der Waals surface area (Å²) in [6.45, 7) is 9.33. The molecule has 5 fully saturated rings. The molecule has 1 aromatic heterocycles. The molecule has 212 valence electrons. The molecule has 0 aromatic carbocycles. The van der Waals surface area contributed by atoms with Gasteiger partial charge in [0, 0.05) is 40.7 Å². The SMILES string of the molecule is COC(=O)/C=C/[C@]12COC(C)(C)[C@H]1[C@H](O)[C@H](OC(C)=O)[C@]1(C)[C@@H]2CC[C@@]2(C)[C@@H](c3ccoc3)OC(=O)[C@@H]3O[C@]312. The molecule has 6 rings (SSSR count). The number of cyclic esters (lactones) is 1. The number of carbonyl (C=O) groups is 3. The highest BCUT2D eigenvalue weighted by atomic mass is 16.7. The maximum absolute atomic E-state index is 13.4. The van der Waals surface area contributed by atoms with E-state index in [2.05, 4.69) is 0 Å². The molecule has 0 unspecified atom stereocenters. The summed E-state index contributed by atoms with van der Waals surface area (Å²) >= 11 is 0. The summed E-state index contributed by atoms with van der Waals surface area (Å²) in [5.41, 5.74) is -3.82. The number of fused-ring (bicyclic) bond motifs is 3. The lowest BCUT2D eigenvalue weighted by Crippen LogP contribution is -2.75. The number of hydrogen-bond acceptors (Lipinski definition) is 10. The minimum absolute atomic E-state index is 0.231. The highest BCUT2D eigenvalue weighted by Crippen LogP contribution is 2.80. The van der Waals surface area contributed by atoms with Crippen LogP contribution in [-0.4, -0.2) is 66.2 Å². The molecule has 1 N–H and O–H groups in total. The predicted molar refractivity (Wildman–Crippen MR) is 133 cm³/mol. The van der Waals surface area contributed by atoms with E-state index in [0.29, 0.717) is 18.4 Å². The monoisotopic (exact) mass is 544 g/mol. The van der Waals surface area contributed by atoms with E-state index in [9.17, 15) is 19.5 Å².